The largest absolute Gasteiger partial charge is 0.426 e. The van der Waals surface area contributed by atoms with Crippen molar-refractivity contribution in [3.8, 4) is 0 Å². The van der Waals surface area contributed by atoms with Crippen molar-refractivity contribution < 1.29 is 9.21 Å². The van der Waals surface area contributed by atoms with Gasteiger partial charge in [0.25, 0.3) is 0 Å². The fraction of sp³-hybridized carbons (Fsp3) is 0.357. The maximum absolute atomic E-state index is 12.2. The molecule has 98 valence electrons. The molecule has 5 nitrogen and oxygen atoms in total. The number of fused-ring (bicyclic) bond motifs is 1. The predicted molar refractivity (Wildman–Crippen MR) is 69.9 cm³/mol. The molecule has 0 aliphatic carbocycles. The summed E-state index contributed by atoms with van der Waals surface area (Å²) in [5.41, 5.74) is 2.28. The molecule has 5 heteroatoms. The first-order chi connectivity index (χ1) is 9.24. The van der Waals surface area contributed by atoms with E-state index in [2.05, 4.69) is 16.3 Å². The third-order valence-electron chi connectivity index (χ3n) is 3.31. The molecule has 0 unspecified atom stereocenters. The number of benzene rings is 1. The Balaban J connectivity index is 1.66. The average Bonchev–Trinajstić information content (AvgIpc) is 3.02. The Kier molecular flexibility index (Phi) is 3.03. The maximum atomic E-state index is 12.2. The van der Waals surface area contributed by atoms with Gasteiger partial charge in [-0.05, 0) is 18.1 Å². The van der Waals surface area contributed by atoms with Crippen molar-refractivity contribution in [3.05, 3.63) is 41.6 Å². The summed E-state index contributed by atoms with van der Waals surface area (Å²) in [7, 11) is 0. The van der Waals surface area contributed by atoms with Crippen molar-refractivity contribution in [2.24, 2.45) is 0 Å². The second-order valence-electron chi connectivity index (χ2n) is 4.64. The lowest BCUT2D eigenvalue weighted by molar-refractivity contribution is -0.118. The Morgan fingerprint density at radius 1 is 1.37 bits per heavy atom. The Hall–Kier alpha value is -2.17. The number of hydrogen-bond acceptors (Lipinski definition) is 4. The van der Waals surface area contributed by atoms with Crippen molar-refractivity contribution in [2.75, 3.05) is 11.4 Å². The van der Waals surface area contributed by atoms with Crippen LogP contribution in [0.2, 0.25) is 0 Å². The van der Waals surface area contributed by atoms with Crippen molar-refractivity contribution in [3.63, 3.8) is 0 Å². The van der Waals surface area contributed by atoms with Gasteiger partial charge in [0, 0.05) is 32.0 Å². The summed E-state index contributed by atoms with van der Waals surface area (Å²) in [6.07, 6.45) is 1.83. The van der Waals surface area contributed by atoms with Crippen LogP contribution in [-0.2, 0) is 17.6 Å². The number of aryl methyl sites for hydroxylation is 2. The molecule has 0 atom stereocenters. The van der Waals surface area contributed by atoms with Crippen LogP contribution in [0, 0.1) is 6.92 Å². The van der Waals surface area contributed by atoms with Crippen LogP contribution in [0.1, 0.15) is 23.8 Å². The van der Waals surface area contributed by atoms with E-state index < -0.39 is 0 Å². The lowest BCUT2D eigenvalue weighted by Crippen LogP contribution is -2.29. The van der Waals surface area contributed by atoms with Gasteiger partial charge in [-0.25, -0.2) is 0 Å². The number of para-hydroxylation sites is 1. The van der Waals surface area contributed by atoms with Gasteiger partial charge < -0.3 is 9.32 Å². The van der Waals surface area contributed by atoms with Crippen molar-refractivity contribution in [1.82, 2.24) is 10.2 Å². The molecule has 1 aliphatic heterocycles. The third-order valence-corrected chi connectivity index (χ3v) is 3.31. The van der Waals surface area contributed by atoms with E-state index >= 15 is 0 Å². The fourth-order valence-corrected chi connectivity index (χ4v) is 2.38. The van der Waals surface area contributed by atoms with Crippen molar-refractivity contribution in [1.29, 1.82) is 0 Å². The molecule has 0 spiro atoms. The lowest BCUT2D eigenvalue weighted by Gasteiger charge is -2.16. The molecule has 0 radical (unpaired) electrons. The van der Waals surface area contributed by atoms with E-state index in [0.717, 1.165) is 18.7 Å². The summed E-state index contributed by atoms with van der Waals surface area (Å²) in [4.78, 5) is 14.1. The molecule has 3 rings (SSSR count). The van der Waals surface area contributed by atoms with Gasteiger partial charge in [0.15, 0.2) is 0 Å². The zero-order valence-corrected chi connectivity index (χ0v) is 10.8. The number of carbonyl (C=O) groups is 1. The van der Waals surface area contributed by atoms with E-state index in [1.165, 1.54) is 5.56 Å². The topological polar surface area (TPSA) is 59.2 Å². The SMILES string of the molecule is Cc1nnc(CCC(=O)N2CCc3ccccc32)o1. The Labute approximate surface area is 111 Å². The molecule has 1 aromatic heterocycles. The average molecular weight is 257 g/mol. The molecule has 19 heavy (non-hydrogen) atoms. The summed E-state index contributed by atoms with van der Waals surface area (Å²) >= 11 is 0. The minimum Gasteiger partial charge on any atom is -0.426 e. The Morgan fingerprint density at radius 3 is 3.00 bits per heavy atom. The van der Waals surface area contributed by atoms with Crippen LogP contribution in [-0.4, -0.2) is 22.6 Å². The first kappa shape index (κ1) is 11.9. The van der Waals surface area contributed by atoms with Crippen LogP contribution >= 0.6 is 0 Å². The highest BCUT2D eigenvalue weighted by Gasteiger charge is 2.24. The molecule has 2 aromatic rings. The molecule has 1 amide bonds. The number of anilines is 1. The molecule has 1 aliphatic rings. The first-order valence-corrected chi connectivity index (χ1v) is 6.41. The Bertz CT molecular complexity index is 606. The molecule has 0 fully saturated rings. The van der Waals surface area contributed by atoms with Gasteiger partial charge in [0.05, 0.1) is 0 Å². The van der Waals surface area contributed by atoms with E-state index in [1.807, 2.05) is 23.1 Å². The van der Waals surface area contributed by atoms with Gasteiger partial charge >= 0.3 is 0 Å². The number of carbonyl (C=O) groups excluding carboxylic acids is 1. The van der Waals surface area contributed by atoms with E-state index in [9.17, 15) is 4.79 Å². The molecule has 0 saturated heterocycles. The van der Waals surface area contributed by atoms with E-state index in [4.69, 9.17) is 4.42 Å². The van der Waals surface area contributed by atoms with Crippen LogP contribution in [0.4, 0.5) is 5.69 Å². The lowest BCUT2D eigenvalue weighted by atomic mass is 10.2. The molecular weight excluding hydrogens is 242 g/mol. The van der Waals surface area contributed by atoms with Crippen molar-refractivity contribution >= 4 is 11.6 Å². The third kappa shape index (κ3) is 2.36. The van der Waals surface area contributed by atoms with E-state index in [-0.39, 0.29) is 5.91 Å². The van der Waals surface area contributed by atoms with Crippen LogP contribution in [0.5, 0.6) is 0 Å². The predicted octanol–water partition coefficient (Wildman–Crippen LogP) is 1.90. The monoisotopic (exact) mass is 257 g/mol. The summed E-state index contributed by atoms with van der Waals surface area (Å²) in [5.74, 6) is 1.17. The fourth-order valence-electron chi connectivity index (χ4n) is 2.38. The number of amides is 1. The Morgan fingerprint density at radius 2 is 2.21 bits per heavy atom. The molecule has 0 bridgehead atoms. The number of hydrogen-bond donors (Lipinski definition) is 0. The van der Waals surface area contributed by atoms with Gasteiger partial charge in [-0.3, -0.25) is 4.79 Å². The number of nitrogens with zero attached hydrogens (tertiary/aromatic N) is 3. The van der Waals surface area contributed by atoms with Crippen LogP contribution in [0.3, 0.4) is 0 Å². The van der Waals surface area contributed by atoms with Gasteiger partial charge in [-0.15, -0.1) is 10.2 Å². The van der Waals surface area contributed by atoms with Crippen LogP contribution in [0.15, 0.2) is 28.7 Å². The van der Waals surface area contributed by atoms with Crippen LogP contribution < -0.4 is 4.90 Å². The zero-order valence-electron chi connectivity index (χ0n) is 10.8. The highest BCUT2D eigenvalue weighted by Crippen LogP contribution is 2.28. The highest BCUT2D eigenvalue weighted by molar-refractivity contribution is 5.95. The number of aromatic nitrogens is 2. The summed E-state index contributed by atoms with van der Waals surface area (Å²) in [6.45, 7) is 2.51. The normalized spacial score (nSPS) is 13.6. The second-order valence-corrected chi connectivity index (χ2v) is 4.64. The summed E-state index contributed by atoms with van der Waals surface area (Å²) in [5, 5.41) is 7.66. The van der Waals surface area contributed by atoms with Gasteiger partial charge in [0.2, 0.25) is 17.7 Å². The van der Waals surface area contributed by atoms with E-state index in [0.29, 0.717) is 24.6 Å². The number of rotatable bonds is 3. The van der Waals surface area contributed by atoms with Crippen molar-refractivity contribution in [2.45, 2.75) is 26.2 Å². The minimum absolute atomic E-state index is 0.112. The molecule has 0 N–H and O–H groups in total. The van der Waals surface area contributed by atoms with Crippen LogP contribution in [0.25, 0.3) is 0 Å². The first-order valence-electron chi connectivity index (χ1n) is 6.41. The molecule has 1 aromatic carbocycles. The van der Waals surface area contributed by atoms with Gasteiger partial charge in [0.1, 0.15) is 0 Å². The maximum Gasteiger partial charge on any atom is 0.227 e. The minimum atomic E-state index is 0.112. The zero-order chi connectivity index (χ0) is 13.2. The highest BCUT2D eigenvalue weighted by atomic mass is 16.4. The second kappa shape index (κ2) is 4.84. The molecule has 0 saturated carbocycles. The quantitative estimate of drug-likeness (QED) is 0.842. The molecule has 2 heterocycles. The standard InChI is InChI=1S/C14H15N3O2/c1-10-15-16-13(19-10)6-7-14(18)17-9-8-11-4-2-3-5-12(11)17/h2-5H,6-9H2,1H3. The molecular formula is C14H15N3O2. The summed E-state index contributed by atoms with van der Waals surface area (Å²) < 4.78 is 5.27. The van der Waals surface area contributed by atoms with Gasteiger partial charge in [-0.1, -0.05) is 18.2 Å². The summed E-state index contributed by atoms with van der Waals surface area (Å²) in [6, 6.07) is 8.04. The van der Waals surface area contributed by atoms with E-state index in [1.54, 1.807) is 6.92 Å². The van der Waals surface area contributed by atoms with Gasteiger partial charge in [-0.2, -0.15) is 0 Å². The smallest absolute Gasteiger partial charge is 0.227 e.